The summed E-state index contributed by atoms with van der Waals surface area (Å²) in [5, 5.41) is -0.488. The van der Waals surface area contributed by atoms with Gasteiger partial charge >= 0.3 is 12.4 Å². The fraction of sp³-hybridized carbons (Fsp3) is 0.471. The van der Waals surface area contributed by atoms with Crippen LogP contribution < -0.4 is 0 Å². The van der Waals surface area contributed by atoms with Gasteiger partial charge in [0.2, 0.25) is 0 Å². The van der Waals surface area contributed by atoms with E-state index in [1.54, 1.807) is 6.08 Å². The summed E-state index contributed by atoms with van der Waals surface area (Å²) in [6.07, 6.45) is -5.12. The Labute approximate surface area is 144 Å². The van der Waals surface area contributed by atoms with Crippen LogP contribution in [0, 0.1) is 0 Å². The molecule has 0 spiro atoms. The van der Waals surface area contributed by atoms with Crippen molar-refractivity contribution in [1.82, 2.24) is 0 Å². The molecule has 0 aromatic heterocycles. The maximum Gasteiger partial charge on any atom is 0.416 e. The first-order chi connectivity index (χ1) is 11.2. The average Bonchev–Trinajstić information content (AvgIpc) is 2.49. The van der Waals surface area contributed by atoms with Crippen LogP contribution in [-0.4, -0.2) is 24.7 Å². The van der Waals surface area contributed by atoms with E-state index in [0.717, 1.165) is 0 Å². The second kappa shape index (κ2) is 7.50. The highest BCUT2D eigenvalue weighted by Gasteiger charge is 2.38. The largest absolute Gasteiger partial charge is 0.416 e. The van der Waals surface area contributed by atoms with Gasteiger partial charge in [0.15, 0.2) is 5.16 Å². The van der Waals surface area contributed by atoms with Crippen LogP contribution in [0.5, 0.6) is 0 Å². The highest BCUT2D eigenvalue weighted by Crippen LogP contribution is 2.40. The van der Waals surface area contributed by atoms with Gasteiger partial charge in [-0.3, -0.25) is 0 Å². The van der Waals surface area contributed by atoms with Crippen LogP contribution in [0.1, 0.15) is 36.6 Å². The molecule has 3 unspecified atom stereocenters. The van der Waals surface area contributed by atoms with E-state index in [9.17, 15) is 26.3 Å². The van der Waals surface area contributed by atoms with Crippen LogP contribution in [0.25, 0.3) is 0 Å². The maximum atomic E-state index is 12.9. The number of rotatable bonds is 6. The third-order valence-electron chi connectivity index (χ3n) is 4.02. The Morgan fingerprint density at radius 3 is 1.84 bits per heavy atom. The van der Waals surface area contributed by atoms with Gasteiger partial charge in [0.25, 0.3) is 0 Å². The zero-order valence-electron chi connectivity index (χ0n) is 14.1. The predicted octanol–water partition coefficient (Wildman–Crippen LogP) is 6.29. The number of alkyl halides is 6. The monoisotopic (exact) mass is 385 g/mol. The summed E-state index contributed by atoms with van der Waals surface area (Å²) in [6.45, 7) is 8.93. The molecule has 0 heterocycles. The van der Waals surface area contributed by atoms with Crippen molar-refractivity contribution in [3.05, 3.63) is 47.5 Å². The highest BCUT2D eigenvalue weighted by molar-refractivity contribution is 7.56. The molecule has 1 aromatic carbocycles. The molecule has 0 saturated carbocycles. The average molecular weight is 385 g/mol. The molecule has 0 aliphatic rings. The topological polar surface area (TPSA) is 9.23 Å². The lowest BCUT2D eigenvalue weighted by Gasteiger charge is -2.22. The van der Waals surface area contributed by atoms with Crippen LogP contribution in [-0.2, 0) is 17.1 Å². The minimum atomic E-state index is -4.88. The summed E-state index contributed by atoms with van der Waals surface area (Å²) >= 11 is 0. The molecule has 0 radical (unpaired) electrons. The SMILES string of the molecule is C=CC(C)(COC(C)c1cc(C(F)(F)F)cc(C(F)(F)F)c1)[P+](=C)C. The molecule has 0 N–H and O–H groups in total. The first-order valence-corrected chi connectivity index (χ1v) is 9.27. The molecule has 0 aliphatic heterocycles. The zero-order valence-corrected chi connectivity index (χ0v) is 15.0. The van der Waals surface area contributed by atoms with E-state index in [2.05, 4.69) is 12.9 Å². The number of halogens is 6. The number of hydrogen-bond acceptors (Lipinski definition) is 1. The van der Waals surface area contributed by atoms with Gasteiger partial charge in [-0.1, -0.05) is 6.58 Å². The number of ether oxygens (including phenoxy) is 1. The van der Waals surface area contributed by atoms with Gasteiger partial charge in [0, 0.05) is 0 Å². The molecule has 0 bridgehead atoms. The standard InChI is InChI=1S/C17H20F6OP/c1-6-15(3,25(4)5)10-24-11(2)12-7-13(16(18,19)20)9-14(8-12)17(21,22)23/h6-9,11H,1,4,10H2,2-3,5H3/q+1. The third kappa shape index (κ3) is 5.58. The second-order valence-electron chi connectivity index (χ2n) is 6.05. The summed E-state index contributed by atoms with van der Waals surface area (Å²) in [5.74, 6) is 0. The number of hydrogen-bond donors (Lipinski definition) is 0. The second-order valence-corrected chi connectivity index (χ2v) is 8.47. The van der Waals surface area contributed by atoms with Crippen molar-refractivity contribution in [2.75, 3.05) is 13.3 Å². The molecule has 3 atom stereocenters. The Morgan fingerprint density at radius 1 is 1.08 bits per heavy atom. The molecule has 25 heavy (non-hydrogen) atoms. The Kier molecular flexibility index (Phi) is 6.52. The van der Waals surface area contributed by atoms with Gasteiger partial charge in [0.1, 0.15) is 0 Å². The van der Waals surface area contributed by atoms with Gasteiger partial charge in [-0.2, -0.15) is 26.3 Å². The maximum absolute atomic E-state index is 12.9. The number of benzene rings is 1. The van der Waals surface area contributed by atoms with Crippen molar-refractivity contribution in [2.24, 2.45) is 0 Å². The van der Waals surface area contributed by atoms with Gasteiger partial charge in [-0.05, 0) is 43.7 Å². The van der Waals surface area contributed by atoms with Crippen LogP contribution in [0.15, 0.2) is 30.9 Å². The zero-order chi connectivity index (χ0) is 19.6. The predicted molar refractivity (Wildman–Crippen MR) is 89.4 cm³/mol. The molecule has 0 fully saturated rings. The van der Waals surface area contributed by atoms with E-state index in [0.29, 0.717) is 12.1 Å². The Balaban J connectivity index is 3.19. The highest BCUT2D eigenvalue weighted by atomic mass is 31.1. The lowest BCUT2D eigenvalue weighted by atomic mass is 10.0. The fourth-order valence-corrected chi connectivity index (χ4v) is 2.54. The molecule has 8 heteroatoms. The summed E-state index contributed by atoms with van der Waals surface area (Å²) in [4.78, 5) is 0. The van der Waals surface area contributed by atoms with Crippen molar-refractivity contribution in [3.8, 4) is 0 Å². The lowest BCUT2D eigenvalue weighted by Crippen LogP contribution is -2.25. The van der Waals surface area contributed by atoms with E-state index >= 15 is 0 Å². The molecular weight excluding hydrogens is 365 g/mol. The molecular formula is C17H20F6OP+. The van der Waals surface area contributed by atoms with Crippen molar-refractivity contribution >= 4 is 13.8 Å². The quantitative estimate of drug-likeness (QED) is 0.318. The third-order valence-corrected chi connectivity index (χ3v) is 6.07. The molecule has 0 saturated heterocycles. The fourth-order valence-electron chi connectivity index (χ4n) is 1.93. The van der Waals surface area contributed by atoms with E-state index in [1.807, 2.05) is 13.6 Å². The summed E-state index contributed by atoms with van der Waals surface area (Å²) < 4.78 is 83.0. The lowest BCUT2D eigenvalue weighted by molar-refractivity contribution is -0.143. The van der Waals surface area contributed by atoms with E-state index in [4.69, 9.17) is 4.74 Å². The van der Waals surface area contributed by atoms with Gasteiger partial charge in [0.05, 0.1) is 44.3 Å². The first kappa shape index (κ1) is 21.7. The van der Waals surface area contributed by atoms with Crippen LogP contribution in [0.2, 0.25) is 0 Å². The van der Waals surface area contributed by atoms with E-state index < -0.39 is 42.3 Å². The Bertz CT molecular complexity index is 617. The van der Waals surface area contributed by atoms with E-state index in [1.165, 1.54) is 6.92 Å². The molecule has 1 nitrogen and oxygen atoms in total. The van der Waals surface area contributed by atoms with Crippen LogP contribution in [0.4, 0.5) is 26.3 Å². The smallest absolute Gasteiger partial charge is 0.369 e. The molecule has 1 rings (SSSR count). The molecule has 0 aliphatic carbocycles. The van der Waals surface area contributed by atoms with Crippen molar-refractivity contribution in [2.45, 2.75) is 37.5 Å². The van der Waals surface area contributed by atoms with Crippen LogP contribution >= 0.6 is 7.55 Å². The summed E-state index contributed by atoms with van der Waals surface area (Å²) in [7, 11) is -0.748. The minimum absolute atomic E-state index is 0.0982. The van der Waals surface area contributed by atoms with Crippen molar-refractivity contribution < 1.29 is 31.1 Å². The van der Waals surface area contributed by atoms with Crippen molar-refractivity contribution in [1.29, 1.82) is 0 Å². The normalized spacial score (nSPS) is 16.9. The van der Waals surface area contributed by atoms with Gasteiger partial charge in [-0.15, -0.1) is 0 Å². The summed E-state index contributed by atoms with van der Waals surface area (Å²) in [5.41, 5.74) is -2.89. The van der Waals surface area contributed by atoms with Crippen molar-refractivity contribution in [3.63, 3.8) is 0 Å². The van der Waals surface area contributed by atoms with E-state index in [-0.39, 0.29) is 18.2 Å². The van der Waals surface area contributed by atoms with Gasteiger partial charge < -0.3 is 4.74 Å². The molecule has 140 valence electrons. The van der Waals surface area contributed by atoms with Crippen LogP contribution in [0.3, 0.4) is 0 Å². The molecule has 1 aromatic rings. The molecule has 0 amide bonds. The Hall–Kier alpha value is -1.33. The Morgan fingerprint density at radius 2 is 1.52 bits per heavy atom. The minimum Gasteiger partial charge on any atom is -0.369 e. The van der Waals surface area contributed by atoms with Gasteiger partial charge in [-0.25, -0.2) is 0 Å². The first-order valence-electron chi connectivity index (χ1n) is 7.29. The summed E-state index contributed by atoms with van der Waals surface area (Å²) in [6, 6.07) is 1.47.